The van der Waals surface area contributed by atoms with E-state index in [-0.39, 0.29) is 0 Å². The van der Waals surface area contributed by atoms with Gasteiger partial charge in [-0.2, -0.15) is 0 Å². The van der Waals surface area contributed by atoms with Crippen LogP contribution >= 0.6 is 12.2 Å². The van der Waals surface area contributed by atoms with Crippen molar-refractivity contribution in [1.82, 2.24) is 5.32 Å². The number of hydrogen-bond acceptors (Lipinski definition) is 3. The maximum absolute atomic E-state index is 5.31. The Morgan fingerprint density at radius 2 is 2.12 bits per heavy atom. The second-order valence-electron chi connectivity index (χ2n) is 3.46. The summed E-state index contributed by atoms with van der Waals surface area (Å²) < 4.78 is 10.5. The third-order valence-corrected chi connectivity index (χ3v) is 2.72. The highest BCUT2D eigenvalue weighted by Gasteiger charge is 2.07. The molecule has 1 aromatic carbocycles. The van der Waals surface area contributed by atoms with Crippen molar-refractivity contribution in [3.05, 3.63) is 54.0 Å². The molecular formula is C13H13NO2S. The maximum atomic E-state index is 5.31. The first-order chi connectivity index (χ1) is 8.31. The number of nitrogens with one attached hydrogen (secondary N) is 1. The zero-order valence-electron chi connectivity index (χ0n) is 9.47. The van der Waals surface area contributed by atoms with E-state index in [2.05, 4.69) is 5.32 Å². The van der Waals surface area contributed by atoms with Gasteiger partial charge in [0.2, 0.25) is 0 Å². The lowest BCUT2D eigenvalue weighted by Gasteiger charge is -2.10. The summed E-state index contributed by atoms with van der Waals surface area (Å²) in [5, 5.41) is 3.13. The van der Waals surface area contributed by atoms with E-state index in [4.69, 9.17) is 21.4 Å². The van der Waals surface area contributed by atoms with Crippen molar-refractivity contribution in [2.75, 3.05) is 7.11 Å². The first-order valence-corrected chi connectivity index (χ1v) is 5.65. The van der Waals surface area contributed by atoms with Gasteiger partial charge in [0.1, 0.15) is 16.5 Å². The van der Waals surface area contributed by atoms with Gasteiger partial charge in [-0.25, -0.2) is 0 Å². The Balaban J connectivity index is 2.04. The summed E-state index contributed by atoms with van der Waals surface area (Å²) in [7, 11) is 1.63. The van der Waals surface area contributed by atoms with Gasteiger partial charge < -0.3 is 14.5 Å². The van der Waals surface area contributed by atoms with E-state index < -0.39 is 0 Å². The van der Waals surface area contributed by atoms with E-state index in [0.29, 0.717) is 11.5 Å². The topological polar surface area (TPSA) is 34.4 Å². The molecular weight excluding hydrogens is 234 g/mol. The fourth-order valence-electron chi connectivity index (χ4n) is 1.51. The smallest absolute Gasteiger partial charge is 0.129 e. The van der Waals surface area contributed by atoms with Crippen molar-refractivity contribution < 1.29 is 9.15 Å². The molecule has 0 fully saturated rings. The number of benzene rings is 1. The van der Waals surface area contributed by atoms with Crippen molar-refractivity contribution >= 4 is 17.2 Å². The first kappa shape index (κ1) is 11.7. The molecule has 0 saturated carbocycles. The standard InChI is InChI=1S/C13H13NO2S/c1-15-12-7-3-2-6-11(12)13(17)14-9-10-5-4-8-16-10/h2-8H,9H2,1H3,(H,14,17). The Kier molecular flexibility index (Phi) is 3.77. The van der Waals surface area contributed by atoms with Gasteiger partial charge in [0.25, 0.3) is 0 Å². The number of ether oxygens (including phenoxy) is 1. The van der Waals surface area contributed by atoms with Crippen molar-refractivity contribution in [1.29, 1.82) is 0 Å². The summed E-state index contributed by atoms with van der Waals surface area (Å²) in [6, 6.07) is 11.4. The number of hydrogen-bond donors (Lipinski definition) is 1. The van der Waals surface area contributed by atoms with Gasteiger partial charge in [0.15, 0.2) is 0 Å². The van der Waals surface area contributed by atoms with Crippen LogP contribution in [0.1, 0.15) is 11.3 Å². The number of thiocarbonyl (C=S) groups is 1. The van der Waals surface area contributed by atoms with E-state index in [1.165, 1.54) is 0 Å². The Morgan fingerprint density at radius 1 is 1.29 bits per heavy atom. The molecule has 88 valence electrons. The zero-order valence-corrected chi connectivity index (χ0v) is 10.3. The van der Waals surface area contributed by atoms with Crippen LogP contribution in [-0.2, 0) is 6.54 Å². The molecule has 0 spiro atoms. The van der Waals surface area contributed by atoms with Crippen molar-refractivity contribution in [3.8, 4) is 5.75 Å². The quantitative estimate of drug-likeness (QED) is 0.842. The Bertz CT molecular complexity index is 494. The van der Waals surface area contributed by atoms with Crippen LogP contribution in [-0.4, -0.2) is 12.1 Å². The van der Waals surface area contributed by atoms with E-state index >= 15 is 0 Å². The Labute approximate surface area is 105 Å². The molecule has 0 aliphatic rings. The van der Waals surface area contributed by atoms with E-state index in [1.54, 1.807) is 13.4 Å². The van der Waals surface area contributed by atoms with Gasteiger partial charge >= 0.3 is 0 Å². The summed E-state index contributed by atoms with van der Waals surface area (Å²) in [6.07, 6.45) is 1.64. The molecule has 0 unspecified atom stereocenters. The van der Waals surface area contributed by atoms with Crippen LogP contribution in [0.25, 0.3) is 0 Å². The van der Waals surface area contributed by atoms with Crippen LogP contribution in [0.15, 0.2) is 47.1 Å². The summed E-state index contributed by atoms with van der Waals surface area (Å²) >= 11 is 5.31. The highest BCUT2D eigenvalue weighted by molar-refractivity contribution is 7.80. The van der Waals surface area contributed by atoms with Gasteiger partial charge in [-0.15, -0.1) is 0 Å². The van der Waals surface area contributed by atoms with E-state index in [0.717, 1.165) is 17.1 Å². The summed E-state index contributed by atoms with van der Waals surface area (Å²) in [5.41, 5.74) is 0.886. The third kappa shape index (κ3) is 2.85. The van der Waals surface area contributed by atoms with E-state index in [1.807, 2.05) is 36.4 Å². The third-order valence-electron chi connectivity index (χ3n) is 2.35. The fourth-order valence-corrected chi connectivity index (χ4v) is 1.75. The van der Waals surface area contributed by atoms with Crippen LogP contribution in [0.4, 0.5) is 0 Å². The van der Waals surface area contributed by atoms with Gasteiger partial charge in [0, 0.05) is 0 Å². The largest absolute Gasteiger partial charge is 0.496 e. The highest BCUT2D eigenvalue weighted by Crippen LogP contribution is 2.17. The van der Waals surface area contributed by atoms with Crippen LogP contribution in [0.3, 0.4) is 0 Å². The van der Waals surface area contributed by atoms with Crippen LogP contribution in [0.2, 0.25) is 0 Å². The second kappa shape index (κ2) is 5.50. The fraction of sp³-hybridized carbons (Fsp3) is 0.154. The van der Waals surface area contributed by atoms with Gasteiger partial charge in [-0.3, -0.25) is 0 Å². The molecule has 4 heteroatoms. The Hall–Kier alpha value is -1.81. The van der Waals surface area contributed by atoms with Crippen LogP contribution in [0, 0.1) is 0 Å². The molecule has 0 radical (unpaired) electrons. The molecule has 2 aromatic rings. The average Bonchev–Trinajstić information content (AvgIpc) is 2.89. The molecule has 0 atom stereocenters. The number of methoxy groups -OCH3 is 1. The minimum Gasteiger partial charge on any atom is -0.496 e. The number of para-hydroxylation sites is 1. The first-order valence-electron chi connectivity index (χ1n) is 5.25. The summed E-state index contributed by atoms with van der Waals surface area (Å²) in [4.78, 5) is 0.652. The summed E-state index contributed by atoms with van der Waals surface area (Å²) in [5.74, 6) is 1.62. The highest BCUT2D eigenvalue weighted by atomic mass is 32.1. The molecule has 1 aromatic heterocycles. The predicted octanol–water partition coefficient (Wildman–Crippen LogP) is 2.75. The lowest BCUT2D eigenvalue weighted by Crippen LogP contribution is -2.21. The predicted molar refractivity (Wildman–Crippen MR) is 70.2 cm³/mol. The molecule has 0 aliphatic carbocycles. The monoisotopic (exact) mass is 247 g/mol. The van der Waals surface area contributed by atoms with E-state index in [9.17, 15) is 0 Å². The normalized spacial score (nSPS) is 9.94. The number of rotatable bonds is 4. The average molecular weight is 247 g/mol. The molecule has 0 amide bonds. The second-order valence-corrected chi connectivity index (χ2v) is 3.87. The summed E-state index contributed by atoms with van der Waals surface area (Å²) in [6.45, 7) is 0.573. The van der Waals surface area contributed by atoms with Crippen molar-refractivity contribution in [2.45, 2.75) is 6.54 Å². The molecule has 1 heterocycles. The van der Waals surface area contributed by atoms with Gasteiger partial charge in [-0.1, -0.05) is 24.4 Å². The molecule has 2 rings (SSSR count). The van der Waals surface area contributed by atoms with Crippen molar-refractivity contribution in [3.63, 3.8) is 0 Å². The SMILES string of the molecule is COc1ccccc1C(=S)NCc1ccco1. The Morgan fingerprint density at radius 3 is 2.82 bits per heavy atom. The molecule has 1 N–H and O–H groups in total. The lowest BCUT2D eigenvalue weighted by atomic mass is 10.2. The van der Waals surface area contributed by atoms with Gasteiger partial charge in [0.05, 0.1) is 25.5 Å². The molecule has 0 bridgehead atoms. The van der Waals surface area contributed by atoms with Crippen LogP contribution < -0.4 is 10.1 Å². The van der Waals surface area contributed by atoms with Crippen molar-refractivity contribution in [2.24, 2.45) is 0 Å². The minimum atomic E-state index is 0.573. The maximum Gasteiger partial charge on any atom is 0.129 e. The lowest BCUT2D eigenvalue weighted by molar-refractivity contribution is 0.413. The molecule has 3 nitrogen and oxygen atoms in total. The van der Waals surface area contributed by atoms with Gasteiger partial charge in [-0.05, 0) is 24.3 Å². The molecule has 0 aliphatic heterocycles. The van der Waals surface area contributed by atoms with Crippen LogP contribution in [0.5, 0.6) is 5.75 Å². The minimum absolute atomic E-state index is 0.573. The molecule has 17 heavy (non-hydrogen) atoms. The molecule has 0 saturated heterocycles. The zero-order chi connectivity index (χ0) is 12.1. The number of furan rings is 1.